The SMILES string of the molecule is CCOc1ccc(NC(=O)C[C@@H]2SC(=Nc3ccccc3C)N(C)C2=O)cc1. The minimum atomic E-state index is -0.476. The average molecular weight is 398 g/mol. The van der Waals surface area contributed by atoms with Gasteiger partial charge in [0, 0.05) is 19.2 Å². The van der Waals surface area contributed by atoms with Crippen LogP contribution in [-0.2, 0) is 9.59 Å². The molecule has 2 aromatic carbocycles. The number of nitrogens with one attached hydrogen (secondary N) is 1. The van der Waals surface area contributed by atoms with Crippen molar-refractivity contribution in [1.82, 2.24) is 4.90 Å². The lowest BCUT2D eigenvalue weighted by Gasteiger charge is -2.10. The number of para-hydroxylation sites is 1. The number of hydrogen-bond donors (Lipinski definition) is 1. The molecule has 0 aromatic heterocycles. The highest BCUT2D eigenvalue weighted by atomic mass is 32.2. The van der Waals surface area contributed by atoms with E-state index in [9.17, 15) is 9.59 Å². The van der Waals surface area contributed by atoms with Crippen molar-refractivity contribution in [3.63, 3.8) is 0 Å². The van der Waals surface area contributed by atoms with Gasteiger partial charge in [0.05, 0.1) is 12.3 Å². The van der Waals surface area contributed by atoms with Gasteiger partial charge in [0.1, 0.15) is 11.0 Å². The number of carbonyl (C=O) groups is 2. The molecular formula is C21H23N3O3S. The molecule has 0 spiro atoms. The van der Waals surface area contributed by atoms with E-state index in [2.05, 4.69) is 10.3 Å². The van der Waals surface area contributed by atoms with Gasteiger partial charge in [0.2, 0.25) is 11.8 Å². The highest BCUT2D eigenvalue weighted by Crippen LogP contribution is 2.31. The molecule has 6 nitrogen and oxygen atoms in total. The molecule has 2 amide bonds. The number of thioether (sulfide) groups is 1. The van der Waals surface area contributed by atoms with Crippen LogP contribution in [0.15, 0.2) is 53.5 Å². The maximum absolute atomic E-state index is 12.5. The molecular weight excluding hydrogens is 374 g/mol. The number of rotatable bonds is 6. The maximum atomic E-state index is 12.5. The average Bonchev–Trinajstić information content (AvgIpc) is 2.93. The number of aliphatic imine (C=N–C) groups is 1. The number of amidine groups is 1. The number of hydrogen-bond acceptors (Lipinski definition) is 5. The third-order valence-electron chi connectivity index (χ3n) is 4.29. The molecule has 1 N–H and O–H groups in total. The zero-order chi connectivity index (χ0) is 20.1. The normalized spacial score (nSPS) is 17.8. The number of benzene rings is 2. The number of amides is 2. The van der Waals surface area contributed by atoms with E-state index in [1.165, 1.54) is 16.7 Å². The first-order valence-electron chi connectivity index (χ1n) is 9.09. The van der Waals surface area contributed by atoms with Gasteiger partial charge >= 0.3 is 0 Å². The molecule has 1 aliphatic rings. The lowest BCUT2D eigenvalue weighted by atomic mass is 10.2. The van der Waals surface area contributed by atoms with E-state index in [4.69, 9.17) is 4.74 Å². The predicted molar refractivity (Wildman–Crippen MR) is 113 cm³/mol. The Bertz CT molecular complexity index is 896. The Morgan fingerprint density at radius 3 is 2.61 bits per heavy atom. The molecule has 1 fully saturated rings. The van der Waals surface area contributed by atoms with Crippen molar-refractivity contribution in [2.75, 3.05) is 19.0 Å². The Labute approximate surface area is 169 Å². The van der Waals surface area contributed by atoms with Gasteiger partial charge in [-0.1, -0.05) is 30.0 Å². The summed E-state index contributed by atoms with van der Waals surface area (Å²) in [7, 11) is 1.69. The lowest BCUT2D eigenvalue weighted by molar-refractivity contribution is -0.127. The second-order valence-corrected chi connectivity index (χ2v) is 7.56. The molecule has 3 rings (SSSR count). The fraction of sp³-hybridized carbons (Fsp3) is 0.286. The third kappa shape index (κ3) is 4.72. The highest BCUT2D eigenvalue weighted by molar-refractivity contribution is 8.15. The summed E-state index contributed by atoms with van der Waals surface area (Å²) in [5.41, 5.74) is 2.53. The van der Waals surface area contributed by atoms with Crippen LogP contribution in [0.4, 0.5) is 11.4 Å². The van der Waals surface area contributed by atoms with Gasteiger partial charge in [-0.2, -0.15) is 0 Å². The smallest absolute Gasteiger partial charge is 0.242 e. The van der Waals surface area contributed by atoms with Crippen molar-refractivity contribution >= 4 is 40.1 Å². The van der Waals surface area contributed by atoms with Crippen LogP contribution >= 0.6 is 11.8 Å². The van der Waals surface area contributed by atoms with E-state index in [-0.39, 0.29) is 18.2 Å². The number of nitrogens with zero attached hydrogens (tertiary/aromatic N) is 2. The molecule has 28 heavy (non-hydrogen) atoms. The summed E-state index contributed by atoms with van der Waals surface area (Å²) in [5, 5.41) is 2.96. The van der Waals surface area contributed by atoms with Gasteiger partial charge in [-0.15, -0.1) is 0 Å². The van der Waals surface area contributed by atoms with Crippen LogP contribution in [0.3, 0.4) is 0 Å². The predicted octanol–water partition coefficient (Wildman–Crippen LogP) is 3.98. The molecule has 1 saturated heterocycles. The van der Waals surface area contributed by atoms with E-state index in [0.717, 1.165) is 17.0 Å². The second kappa shape index (κ2) is 8.93. The van der Waals surface area contributed by atoms with Crippen molar-refractivity contribution < 1.29 is 14.3 Å². The maximum Gasteiger partial charge on any atom is 0.242 e. The van der Waals surface area contributed by atoms with Gasteiger partial charge in [-0.25, -0.2) is 4.99 Å². The zero-order valence-corrected chi connectivity index (χ0v) is 17.0. The number of ether oxygens (including phenoxy) is 1. The third-order valence-corrected chi connectivity index (χ3v) is 5.52. The van der Waals surface area contributed by atoms with Crippen LogP contribution in [0.1, 0.15) is 18.9 Å². The summed E-state index contributed by atoms with van der Waals surface area (Å²) >= 11 is 1.32. The van der Waals surface area contributed by atoms with Gasteiger partial charge < -0.3 is 10.1 Å². The summed E-state index contributed by atoms with van der Waals surface area (Å²) in [6, 6.07) is 14.9. The van der Waals surface area contributed by atoms with Crippen LogP contribution in [-0.4, -0.2) is 40.8 Å². The minimum absolute atomic E-state index is 0.0911. The van der Waals surface area contributed by atoms with Gasteiger partial charge in [0.15, 0.2) is 5.17 Å². The van der Waals surface area contributed by atoms with E-state index >= 15 is 0 Å². The van der Waals surface area contributed by atoms with E-state index < -0.39 is 5.25 Å². The van der Waals surface area contributed by atoms with Gasteiger partial charge in [-0.3, -0.25) is 14.5 Å². The quantitative estimate of drug-likeness (QED) is 0.800. The van der Waals surface area contributed by atoms with Gasteiger partial charge in [-0.05, 0) is 49.7 Å². The molecule has 1 aliphatic heterocycles. The van der Waals surface area contributed by atoms with Crippen molar-refractivity contribution in [1.29, 1.82) is 0 Å². The topological polar surface area (TPSA) is 71.0 Å². The first kappa shape index (κ1) is 19.9. The second-order valence-electron chi connectivity index (χ2n) is 6.39. The molecule has 0 bridgehead atoms. The Kier molecular flexibility index (Phi) is 6.36. The van der Waals surface area contributed by atoms with Crippen molar-refractivity contribution in [3.05, 3.63) is 54.1 Å². The molecule has 7 heteroatoms. The summed E-state index contributed by atoms with van der Waals surface area (Å²) in [6.45, 7) is 4.48. The van der Waals surface area contributed by atoms with Crippen LogP contribution in [0.25, 0.3) is 0 Å². The van der Waals surface area contributed by atoms with Crippen molar-refractivity contribution in [2.24, 2.45) is 4.99 Å². The molecule has 0 saturated carbocycles. The van der Waals surface area contributed by atoms with Crippen LogP contribution in [0.2, 0.25) is 0 Å². The Morgan fingerprint density at radius 2 is 1.93 bits per heavy atom. The first-order chi connectivity index (χ1) is 13.5. The summed E-state index contributed by atoms with van der Waals surface area (Å²) in [4.78, 5) is 31.0. The molecule has 0 radical (unpaired) electrons. The molecule has 0 unspecified atom stereocenters. The molecule has 0 aliphatic carbocycles. The molecule has 1 atom stereocenters. The van der Waals surface area contributed by atoms with Gasteiger partial charge in [0.25, 0.3) is 0 Å². The number of carbonyl (C=O) groups excluding carboxylic acids is 2. The van der Waals surface area contributed by atoms with E-state index in [1.54, 1.807) is 31.3 Å². The van der Waals surface area contributed by atoms with Crippen molar-refractivity contribution in [2.45, 2.75) is 25.5 Å². The summed E-state index contributed by atoms with van der Waals surface area (Å²) in [6.07, 6.45) is 0.0911. The first-order valence-corrected chi connectivity index (χ1v) is 9.97. The summed E-state index contributed by atoms with van der Waals surface area (Å²) < 4.78 is 5.39. The summed E-state index contributed by atoms with van der Waals surface area (Å²) in [5.74, 6) is 0.431. The minimum Gasteiger partial charge on any atom is -0.494 e. The molecule has 2 aromatic rings. The number of anilines is 1. The zero-order valence-electron chi connectivity index (χ0n) is 16.1. The fourth-order valence-corrected chi connectivity index (χ4v) is 3.92. The van der Waals surface area contributed by atoms with E-state index in [1.807, 2.05) is 38.1 Å². The van der Waals surface area contributed by atoms with E-state index in [0.29, 0.717) is 17.5 Å². The van der Waals surface area contributed by atoms with Crippen LogP contribution in [0.5, 0.6) is 5.75 Å². The largest absolute Gasteiger partial charge is 0.494 e. The van der Waals surface area contributed by atoms with Crippen molar-refractivity contribution in [3.8, 4) is 5.75 Å². The lowest BCUT2D eigenvalue weighted by Crippen LogP contribution is -2.30. The molecule has 146 valence electrons. The Balaban J connectivity index is 1.63. The monoisotopic (exact) mass is 397 g/mol. The molecule has 1 heterocycles. The fourth-order valence-electron chi connectivity index (χ4n) is 2.77. The highest BCUT2D eigenvalue weighted by Gasteiger charge is 2.37. The number of aryl methyl sites for hydroxylation is 1. The Morgan fingerprint density at radius 1 is 1.21 bits per heavy atom. The van der Waals surface area contributed by atoms with Crippen LogP contribution in [0, 0.1) is 6.92 Å². The standard InChI is InChI=1S/C21H23N3O3S/c1-4-27-16-11-9-15(10-12-16)22-19(25)13-18-20(26)24(3)21(28-18)23-17-8-6-5-7-14(17)2/h5-12,18H,4,13H2,1-3H3,(H,22,25)/t18-/m0/s1. The van der Waals surface area contributed by atoms with Crippen LogP contribution < -0.4 is 10.1 Å². The Hall–Kier alpha value is -2.80.